The first kappa shape index (κ1) is 17.8. The van der Waals surface area contributed by atoms with Crippen LogP contribution in [0.15, 0.2) is 0 Å². The highest BCUT2D eigenvalue weighted by molar-refractivity contribution is 6.05. The maximum absolute atomic E-state index is 12.9. The van der Waals surface area contributed by atoms with Crippen LogP contribution in [0.1, 0.15) is 32.1 Å². The van der Waals surface area contributed by atoms with Gasteiger partial charge in [-0.25, -0.2) is 0 Å². The molecule has 0 aromatic carbocycles. The van der Waals surface area contributed by atoms with Crippen molar-refractivity contribution in [1.82, 2.24) is 5.32 Å². The summed E-state index contributed by atoms with van der Waals surface area (Å²) in [4.78, 5) is 25.3. The molecule has 2 saturated carbocycles. The summed E-state index contributed by atoms with van der Waals surface area (Å²) in [5.74, 6) is -2.98. The van der Waals surface area contributed by atoms with Crippen LogP contribution in [0.3, 0.4) is 0 Å². The van der Waals surface area contributed by atoms with Crippen LogP contribution in [0.5, 0.6) is 0 Å². The van der Waals surface area contributed by atoms with Crippen LogP contribution >= 0.6 is 0 Å². The SMILES string of the molecule is COC1NC(C(F)(F)F)CCC1C(=O)C1C(=O)C2CCC(C2)C1O. The molecule has 3 rings (SSSR count). The summed E-state index contributed by atoms with van der Waals surface area (Å²) >= 11 is 0. The highest BCUT2D eigenvalue weighted by Crippen LogP contribution is 2.44. The Morgan fingerprint density at radius 2 is 1.96 bits per heavy atom. The van der Waals surface area contributed by atoms with Crippen molar-refractivity contribution in [3.63, 3.8) is 0 Å². The molecule has 0 spiro atoms. The lowest BCUT2D eigenvalue weighted by Crippen LogP contribution is -2.58. The smallest absolute Gasteiger partial charge is 0.392 e. The average Bonchev–Trinajstić information content (AvgIpc) is 2.98. The van der Waals surface area contributed by atoms with Crippen molar-refractivity contribution in [3.8, 4) is 0 Å². The average molecular weight is 349 g/mol. The summed E-state index contributed by atoms with van der Waals surface area (Å²) in [6.45, 7) is 0. The first-order valence-electron chi connectivity index (χ1n) is 8.35. The molecule has 5 nitrogen and oxygen atoms in total. The Morgan fingerprint density at radius 3 is 2.58 bits per heavy atom. The predicted octanol–water partition coefficient (Wildman–Crippen LogP) is 1.43. The fraction of sp³-hybridized carbons (Fsp3) is 0.875. The van der Waals surface area contributed by atoms with E-state index >= 15 is 0 Å². The van der Waals surface area contributed by atoms with Gasteiger partial charge in [-0.1, -0.05) is 0 Å². The van der Waals surface area contributed by atoms with Gasteiger partial charge in [0.2, 0.25) is 0 Å². The number of aliphatic hydroxyl groups is 1. The Bertz CT molecular complexity index is 524. The fourth-order valence-corrected chi connectivity index (χ4v) is 4.50. The van der Waals surface area contributed by atoms with Crippen LogP contribution in [-0.2, 0) is 14.3 Å². The third-order valence-corrected chi connectivity index (χ3v) is 5.82. The van der Waals surface area contributed by atoms with Gasteiger partial charge in [0.05, 0.1) is 12.0 Å². The molecular formula is C16H22F3NO4. The van der Waals surface area contributed by atoms with E-state index in [0.717, 1.165) is 0 Å². The molecule has 1 heterocycles. The number of hydrogen-bond donors (Lipinski definition) is 2. The zero-order valence-corrected chi connectivity index (χ0v) is 13.4. The number of aliphatic hydroxyl groups excluding tert-OH is 1. The number of piperidine rings is 1. The highest BCUT2D eigenvalue weighted by atomic mass is 19.4. The third-order valence-electron chi connectivity index (χ3n) is 5.82. The molecule has 3 fully saturated rings. The Morgan fingerprint density at radius 1 is 1.25 bits per heavy atom. The molecule has 0 radical (unpaired) electrons. The van der Waals surface area contributed by atoms with Gasteiger partial charge >= 0.3 is 6.18 Å². The molecule has 24 heavy (non-hydrogen) atoms. The molecule has 2 N–H and O–H groups in total. The predicted molar refractivity (Wildman–Crippen MR) is 76.8 cm³/mol. The van der Waals surface area contributed by atoms with E-state index in [1.165, 1.54) is 7.11 Å². The van der Waals surface area contributed by atoms with E-state index in [-0.39, 0.29) is 30.5 Å². The van der Waals surface area contributed by atoms with Gasteiger partial charge < -0.3 is 9.84 Å². The second-order valence-electron chi connectivity index (χ2n) is 7.14. The summed E-state index contributed by atoms with van der Waals surface area (Å²) in [6.07, 6.45) is -4.80. The van der Waals surface area contributed by atoms with Gasteiger partial charge in [0.25, 0.3) is 0 Å². The van der Waals surface area contributed by atoms with Crippen LogP contribution in [0, 0.1) is 23.7 Å². The number of nitrogens with one attached hydrogen (secondary N) is 1. The van der Waals surface area contributed by atoms with Crippen molar-refractivity contribution in [2.24, 2.45) is 23.7 Å². The maximum Gasteiger partial charge on any atom is 0.403 e. The molecule has 8 heteroatoms. The fourth-order valence-electron chi connectivity index (χ4n) is 4.50. The molecule has 0 aromatic rings. The van der Waals surface area contributed by atoms with Gasteiger partial charge in [0.15, 0.2) is 5.78 Å². The second-order valence-corrected chi connectivity index (χ2v) is 7.14. The molecule has 2 bridgehead atoms. The van der Waals surface area contributed by atoms with Gasteiger partial charge in [-0.15, -0.1) is 0 Å². The zero-order chi connectivity index (χ0) is 17.6. The van der Waals surface area contributed by atoms with Gasteiger partial charge in [-0.05, 0) is 38.0 Å². The molecule has 7 unspecified atom stereocenters. The van der Waals surface area contributed by atoms with E-state index < -0.39 is 42.2 Å². The number of rotatable bonds is 3. The quantitative estimate of drug-likeness (QED) is 0.754. The number of carbonyl (C=O) groups is 2. The molecule has 7 atom stereocenters. The summed E-state index contributed by atoms with van der Waals surface area (Å²) in [6, 6.07) is -1.73. The number of carbonyl (C=O) groups excluding carboxylic acids is 2. The van der Waals surface area contributed by atoms with Crippen molar-refractivity contribution in [1.29, 1.82) is 0 Å². The standard InChI is InChI=1S/C16H22F3NO4/c1-24-15-9(4-5-10(20-15)16(17,18)19)14(23)11-12(21)7-2-3-8(6-7)13(11)22/h7-12,15,20-21H,2-6H2,1H3. The topological polar surface area (TPSA) is 75.6 Å². The Labute approximate surface area is 137 Å². The van der Waals surface area contributed by atoms with E-state index in [1.807, 2.05) is 0 Å². The number of ketones is 2. The van der Waals surface area contributed by atoms with E-state index in [1.54, 1.807) is 0 Å². The molecule has 136 valence electrons. The highest BCUT2D eigenvalue weighted by Gasteiger charge is 2.53. The molecule has 2 aliphatic carbocycles. The minimum Gasteiger partial charge on any atom is -0.392 e. The normalized spacial score (nSPS) is 43.0. The number of alkyl halides is 3. The molecular weight excluding hydrogens is 327 g/mol. The lowest BCUT2D eigenvalue weighted by Gasteiger charge is -2.39. The lowest BCUT2D eigenvalue weighted by molar-refractivity contribution is -0.183. The molecule has 0 amide bonds. The molecule has 0 aromatic heterocycles. The van der Waals surface area contributed by atoms with Crippen molar-refractivity contribution in [2.75, 3.05) is 7.11 Å². The minimum absolute atomic E-state index is 0.0135. The number of Topliss-reactive ketones (excluding diaryl/α,β-unsaturated/α-hetero) is 2. The van der Waals surface area contributed by atoms with Gasteiger partial charge in [-0.3, -0.25) is 14.9 Å². The van der Waals surface area contributed by atoms with Crippen molar-refractivity contribution < 1.29 is 32.6 Å². The lowest BCUT2D eigenvalue weighted by atomic mass is 9.71. The van der Waals surface area contributed by atoms with Gasteiger partial charge in [0, 0.05) is 13.0 Å². The minimum atomic E-state index is -4.41. The Balaban J connectivity index is 1.76. The molecule has 1 saturated heterocycles. The zero-order valence-electron chi connectivity index (χ0n) is 13.4. The second kappa shape index (κ2) is 6.38. The number of hydrogen-bond acceptors (Lipinski definition) is 5. The van der Waals surface area contributed by atoms with Crippen LogP contribution in [0.25, 0.3) is 0 Å². The van der Waals surface area contributed by atoms with E-state index in [4.69, 9.17) is 4.74 Å². The van der Waals surface area contributed by atoms with Crippen LogP contribution < -0.4 is 5.32 Å². The Kier molecular flexibility index (Phi) is 4.74. The van der Waals surface area contributed by atoms with E-state index in [0.29, 0.717) is 19.3 Å². The number of halogens is 3. The van der Waals surface area contributed by atoms with Crippen LogP contribution in [0.4, 0.5) is 13.2 Å². The molecule has 3 aliphatic rings. The number of fused-ring (bicyclic) bond motifs is 2. The van der Waals surface area contributed by atoms with Gasteiger partial charge in [0.1, 0.15) is 24.0 Å². The van der Waals surface area contributed by atoms with Crippen molar-refractivity contribution >= 4 is 11.6 Å². The summed E-state index contributed by atoms with van der Waals surface area (Å²) in [7, 11) is 1.24. The monoisotopic (exact) mass is 349 g/mol. The summed E-state index contributed by atoms with van der Waals surface area (Å²) in [5.41, 5.74) is 0. The maximum atomic E-state index is 12.9. The van der Waals surface area contributed by atoms with E-state index in [2.05, 4.69) is 5.32 Å². The van der Waals surface area contributed by atoms with Gasteiger partial charge in [-0.2, -0.15) is 13.2 Å². The summed E-state index contributed by atoms with van der Waals surface area (Å²) in [5, 5.41) is 12.7. The first-order chi connectivity index (χ1) is 11.2. The number of methoxy groups -OCH3 is 1. The Hall–Kier alpha value is -0.990. The first-order valence-corrected chi connectivity index (χ1v) is 8.35. The van der Waals surface area contributed by atoms with Crippen LogP contribution in [0.2, 0.25) is 0 Å². The van der Waals surface area contributed by atoms with Crippen molar-refractivity contribution in [2.45, 2.75) is 56.7 Å². The van der Waals surface area contributed by atoms with Crippen LogP contribution in [-0.4, -0.2) is 48.3 Å². The van der Waals surface area contributed by atoms with Crippen molar-refractivity contribution in [3.05, 3.63) is 0 Å². The largest absolute Gasteiger partial charge is 0.403 e. The summed E-state index contributed by atoms with van der Waals surface area (Å²) < 4.78 is 43.7. The third kappa shape index (κ3) is 2.99. The number of ether oxygens (including phenoxy) is 1. The molecule has 1 aliphatic heterocycles. The van der Waals surface area contributed by atoms with E-state index in [9.17, 15) is 27.9 Å².